The molecule has 0 aromatic heterocycles. The van der Waals surface area contributed by atoms with Crippen LogP contribution in [0.1, 0.15) is 39.5 Å². The highest BCUT2D eigenvalue weighted by Crippen LogP contribution is 2.25. The first-order chi connectivity index (χ1) is 6.13. The summed E-state index contributed by atoms with van der Waals surface area (Å²) in [6.07, 6.45) is 6.74. The number of rotatable bonds is 2. The van der Waals surface area contributed by atoms with Gasteiger partial charge in [0, 0.05) is 5.57 Å². The zero-order chi connectivity index (χ0) is 9.84. The standard InChI is InChI=1S/C11H16O2/c1-8(9(2)11(12)13)10-6-4-3-5-7-10/h6H,3-5,7H2,1-2H3,(H,12,13). The van der Waals surface area contributed by atoms with Crippen molar-refractivity contribution in [2.75, 3.05) is 0 Å². The predicted octanol–water partition coefficient (Wildman–Crippen LogP) is 2.91. The Bertz CT molecular complexity index is 272. The van der Waals surface area contributed by atoms with Gasteiger partial charge in [0.2, 0.25) is 0 Å². The number of carboxylic acid groups (broad SMARTS) is 1. The topological polar surface area (TPSA) is 37.3 Å². The van der Waals surface area contributed by atoms with Gasteiger partial charge in [0.15, 0.2) is 0 Å². The molecule has 0 saturated heterocycles. The molecular formula is C11H16O2. The van der Waals surface area contributed by atoms with Crippen molar-refractivity contribution in [2.24, 2.45) is 0 Å². The first-order valence-electron chi connectivity index (χ1n) is 4.73. The van der Waals surface area contributed by atoms with E-state index in [1.165, 1.54) is 18.4 Å². The SMILES string of the molecule is CC(C(=O)O)=C(C)C1=CCCCC1. The molecule has 1 rings (SSSR count). The van der Waals surface area contributed by atoms with Crippen LogP contribution in [0.25, 0.3) is 0 Å². The van der Waals surface area contributed by atoms with Gasteiger partial charge in [0.05, 0.1) is 0 Å². The van der Waals surface area contributed by atoms with Crippen LogP contribution in [0.5, 0.6) is 0 Å². The predicted molar refractivity (Wildman–Crippen MR) is 52.6 cm³/mol. The van der Waals surface area contributed by atoms with Crippen molar-refractivity contribution in [1.82, 2.24) is 0 Å². The van der Waals surface area contributed by atoms with Gasteiger partial charge in [-0.1, -0.05) is 6.08 Å². The van der Waals surface area contributed by atoms with E-state index >= 15 is 0 Å². The van der Waals surface area contributed by atoms with Gasteiger partial charge >= 0.3 is 5.97 Å². The lowest BCUT2D eigenvalue weighted by molar-refractivity contribution is -0.132. The second kappa shape index (κ2) is 4.26. The number of hydrogen-bond acceptors (Lipinski definition) is 1. The van der Waals surface area contributed by atoms with Crippen LogP contribution in [0, 0.1) is 0 Å². The Labute approximate surface area is 79.0 Å². The minimum atomic E-state index is -0.802. The maximum absolute atomic E-state index is 10.7. The molecule has 0 aromatic rings. The molecule has 72 valence electrons. The van der Waals surface area contributed by atoms with E-state index in [-0.39, 0.29) is 0 Å². The van der Waals surface area contributed by atoms with Crippen LogP contribution in [-0.4, -0.2) is 11.1 Å². The Morgan fingerprint density at radius 3 is 2.54 bits per heavy atom. The molecule has 1 aliphatic rings. The summed E-state index contributed by atoms with van der Waals surface area (Å²) < 4.78 is 0. The highest BCUT2D eigenvalue weighted by atomic mass is 16.4. The molecule has 0 saturated carbocycles. The van der Waals surface area contributed by atoms with Crippen molar-refractivity contribution in [2.45, 2.75) is 39.5 Å². The zero-order valence-corrected chi connectivity index (χ0v) is 8.26. The number of allylic oxidation sites excluding steroid dienone is 3. The minimum Gasteiger partial charge on any atom is -0.478 e. The molecule has 2 heteroatoms. The molecule has 0 aliphatic heterocycles. The summed E-state index contributed by atoms with van der Waals surface area (Å²) in [6, 6.07) is 0. The molecule has 1 aliphatic carbocycles. The van der Waals surface area contributed by atoms with E-state index < -0.39 is 5.97 Å². The highest BCUT2D eigenvalue weighted by Gasteiger charge is 2.11. The molecule has 0 heterocycles. The molecule has 0 amide bonds. The number of carboxylic acids is 1. The lowest BCUT2D eigenvalue weighted by Crippen LogP contribution is -2.03. The molecule has 1 N–H and O–H groups in total. The van der Waals surface area contributed by atoms with Gasteiger partial charge in [-0.3, -0.25) is 0 Å². The van der Waals surface area contributed by atoms with Gasteiger partial charge in [0.1, 0.15) is 0 Å². The largest absolute Gasteiger partial charge is 0.478 e. The normalized spacial score (nSPS) is 19.1. The van der Waals surface area contributed by atoms with E-state index in [0.29, 0.717) is 5.57 Å². The molecule has 0 unspecified atom stereocenters. The van der Waals surface area contributed by atoms with Gasteiger partial charge < -0.3 is 5.11 Å². The number of aliphatic carboxylic acids is 1. The van der Waals surface area contributed by atoms with Crippen LogP contribution in [0.2, 0.25) is 0 Å². The summed E-state index contributed by atoms with van der Waals surface area (Å²) in [5.74, 6) is -0.802. The van der Waals surface area contributed by atoms with Gasteiger partial charge in [-0.2, -0.15) is 0 Å². The van der Waals surface area contributed by atoms with Gasteiger partial charge in [-0.15, -0.1) is 0 Å². The lowest BCUT2D eigenvalue weighted by Gasteiger charge is -2.14. The van der Waals surface area contributed by atoms with Gasteiger partial charge in [-0.25, -0.2) is 4.79 Å². The smallest absolute Gasteiger partial charge is 0.331 e. The molecule has 13 heavy (non-hydrogen) atoms. The maximum atomic E-state index is 10.7. The molecule has 0 aromatic carbocycles. The van der Waals surface area contributed by atoms with E-state index in [4.69, 9.17) is 5.11 Å². The molecule has 0 radical (unpaired) electrons. The maximum Gasteiger partial charge on any atom is 0.331 e. The van der Waals surface area contributed by atoms with Crippen LogP contribution < -0.4 is 0 Å². The molecular weight excluding hydrogens is 164 g/mol. The Balaban J connectivity index is 2.87. The first kappa shape index (κ1) is 10.0. The van der Waals surface area contributed by atoms with Crippen molar-refractivity contribution >= 4 is 5.97 Å². The quantitative estimate of drug-likeness (QED) is 0.663. The zero-order valence-electron chi connectivity index (χ0n) is 8.26. The van der Waals surface area contributed by atoms with E-state index in [1.807, 2.05) is 6.92 Å². The summed E-state index contributed by atoms with van der Waals surface area (Å²) in [5.41, 5.74) is 2.66. The molecule has 0 atom stereocenters. The van der Waals surface area contributed by atoms with Crippen molar-refractivity contribution in [3.8, 4) is 0 Å². The number of hydrogen-bond donors (Lipinski definition) is 1. The van der Waals surface area contributed by atoms with Crippen molar-refractivity contribution < 1.29 is 9.90 Å². The molecule has 0 fully saturated rings. The Kier molecular flexibility index (Phi) is 3.29. The third kappa shape index (κ3) is 2.44. The van der Waals surface area contributed by atoms with Crippen LogP contribution in [-0.2, 0) is 4.79 Å². The van der Waals surface area contributed by atoms with Crippen LogP contribution in [0.3, 0.4) is 0 Å². The lowest BCUT2D eigenvalue weighted by atomic mass is 9.92. The second-order valence-electron chi connectivity index (χ2n) is 3.53. The third-order valence-electron chi connectivity index (χ3n) is 2.66. The fourth-order valence-corrected chi connectivity index (χ4v) is 1.58. The summed E-state index contributed by atoms with van der Waals surface area (Å²) in [5, 5.41) is 8.80. The average Bonchev–Trinajstić information content (AvgIpc) is 2.17. The Morgan fingerprint density at radius 1 is 1.38 bits per heavy atom. The summed E-state index contributed by atoms with van der Waals surface area (Å²) in [7, 11) is 0. The molecule has 2 nitrogen and oxygen atoms in total. The molecule has 0 spiro atoms. The first-order valence-corrected chi connectivity index (χ1v) is 4.73. The van der Waals surface area contributed by atoms with Gasteiger partial charge in [-0.05, 0) is 50.7 Å². The third-order valence-corrected chi connectivity index (χ3v) is 2.66. The average molecular weight is 180 g/mol. The fourth-order valence-electron chi connectivity index (χ4n) is 1.58. The van der Waals surface area contributed by atoms with Gasteiger partial charge in [0.25, 0.3) is 0 Å². The Hall–Kier alpha value is -1.05. The van der Waals surface area contributed by atoms with Crippen molar-refractivity contribution in [3.05, 3.63) is 22.8 Å². The van der Waals surface area contributed by atoms with Crippen LogP contribution in [0.15, 0.2) is 22.8 Å². The highest BCUT2D eigenvalue weighted by molar-refractivity contribution is 5.87. The van der Waals surface area contributed by atoms with Crippen molar-refractivity contribution in [3.63, 3.8) is 0 Å². The van der Waals surface area contributed by atoms with Crippen LogP contribution >= 0.6 is 0 Å². The van der Waals surface area contributed by atoms with E-state index in [0.717, 1.165) is 18.4 Å². The minimum absolute atomic E-state index is 0.480. The molecule has 0 bridgehead atoms. The van der Waals surface area contributed by atoms with Crippen molar-refractivity contribution in [1.29, 1.82) is 0 Å². The fraction of sp³-hybridized carbons (Fsp3) is 0.545. The second-order valence-corrected chi connectivity index (χ2v) is 3.53. The summed E-state index contributed by atoms with van der Waals surface area (Å²) in [4.78, 5) is 10.7. The summed E-state index contributed by atoms with van der Waals surface area (Å²) in [6.45, 7) is 3.58. The van der Waals surface area contributed by atoms with E-state index in [1.54, 1.807) is 6.92 Å². The monoisotopic (exact) mass is 180 g/mol. The van der Waals surface area contributed by atoms with Crippen LogP contribution in [0.4, 0.5) is 0 Å². The Morgan fingerprint density at radius 2 is 2.08 bits per heavy atom. The number of carbonyl (C=O) groups is 1. The van der Waals surface area contributed by atoms with E-state index in [2.05, 4.69) is 6.08 Å². The summed E-state index contributed by atoms with van der Waals surface area (Å²) >= 11 is 0. The van der Waals surface area contributed by atoms with E-state index in [9.17, 15) is 4.79 Å².